The van der Waals surface area contributed by atoms with Crippen molar-refractivity contribution in [1.82, 2.24) is 9.78 Å². The molecule has 3 heterocycles. The van der Waals surface area contributed by atoms with E-state index in [-0.39, 0.29) is 23.9 Å². The summed E-state index contributed by atoms with van der Waals surface area (Å²) in [4.78, 5) is 13.2. The van der Waals surface area contributed by atoms with Crippen molar-refractivity contribution in [1.29, 1.82) is 0 Å². The maximum Gasteiger partial charge on any atom is 0.435 e. The van der Waals surface area contributed by atoms with Crippen LogP contribution in [0, 0.1) is 17.6 Å². The first-order valence-corrected chi connectivity index (χ1v) is 10.8. The van der Waals surface area contributed by atoms with Gasteiger partial charge in [0.05, 0.1) is 18.1 Å². The maximum absolute atomic E-state index is 14.7. The fourth-order valence-corrected chi connectivity index (χ4v) is 5.04. The molecule has 2 fully saturated rings. The summed E-state index contributed by atoms with van der Waals surface area (Å²) < 4.78 is 75.3. The number of aryl methyl sites for hydroxylation is 1. The molecule has 1 amide bonds. The molecule has 5 nitrogen and oxygen atoms in total. The Labute approximate surface area is 193 Å². The van der Waals surface area contributed by atoms with Crippen LogP contribution in [0.3, 0.4) is 0 Å². The highest BCUT2D eigenvalue weighted by Crippen LogP contribution is 2.49. The number of alkyl halides is 3. The molecule has 34 heavy (non-hydrogen) atoms. The number of hydrogen-bond donors (Lipinski definition) is 1. The van der Waals surface area contributed by atoms with E-state index in [1.54, 1.807) is 6.07 Å². The van der Waals surface area contributed by atoms with E-state index in [1.165, 1.54) is 37.4 Å². The average Bonchev–Trinajstić information content (AvgIpc) is 3.48. The third kappa shape index (κ3) is 3.85. The van der Waals surface area contributed by atoms with Gasteiger partial charge in [0.15, 0.2) is 5.69 Å². The van der Waals surface area contributed by atoms with E-state index >= 15 is 0 Å². The molecule has 2 aliphatic heterocycles. The minimum Gasteiger partial charge on any atom is -0.373 e. The monoisotopic (exact) mass is 479 g/mol. The van der Waals surface area contributed by atoms with Crippen LogP contribution in [0.4, 0.5) is 27.6 Å². The summed E-state index contributed by atoms with van der Waals surface area (Å²) in [5, 5.41) is 6.22. The molecule has 0 unspecified atom stereocenters. The van der Waals surface area contributed by atoms with E-state index in [2.05, 4.69) is 10.4 Å². The van der Waals surface area contributed by atoms with Gasteiger partial charge in [-0.3, -0.25) is 9.48 Å². The lowest BCUT2D eigenvalue weighted by molar-refractivity contribution is -0.141. The third-order valence-electron chi connectivity index (χ3n) is 6.52. The van der Waals surface area contributed by atoms with Crippen molar-refractivity contribution in [2.75, 3.05) is 5.32 Å². The number of halogens is 5. The number of rotatable bonds is 4. The van der Waals surface area contributed by atoms with E-state index < -0.39 is 53.5 Å². The number of nitrogens with one attached hydrogen (secondary N) is 1. The standard InChI is InChI=1S/C24H20F5N3O2.H2/c1-32-17(11-20(31-32)24(27,28)29)21-18-8-9-19(34-18)22(21)23(33)30-12-6-7-14(16(26)10-12)13-4-2-3-5-15(13)25;/h2-7,10-11,18-19,21-22H,8-9H2,1H3,(H,30,33);1H/t18-,19+,21+,22-;/m0./s1. The fourth-order valence-electron chi connectivity index (χ4n) is 5.04. The molecule has 0 saturated carbocycles. The summed E-state index contributed by atoms with van der Waals surface area (Å²) in [6.45, 7) is 0. The number of anilines is 1. The predicted octanol–water partition coefficient (Wildman–Crippen LogP) is 5.53. The second kappa shape index (κ2) is 8.19. The second-order valence-electron chi connectivity index (χ2n) is 8.58. The van der Waals surface area contributed by atoms with E-state index in [0.717, 1.165) is 16.8 Å². The highest BCUT2D eigenvalue weighted by Gasteiger charge is 2.54. The quantitative estimate of drug-likeness (QED) is 0.501. The van der Waals surface area contributed by atoms with Gasteiger partial charge in [-0.25, -0.2) is 8.78 Å². The zero-order valence-electron chi connectivity index (χ0n) is 17.9. The lowest BCUT2D eigenvalue weighted by Gasteiger charge is -2.27. The highest BCUT2D eigenvalue weighted by molar-refractivity contribution is 5.94. The SMILES string of the molecule is Cn1nc(C(F)(F)F)cc1[C@H]1[C@@H](C(=O)Nc2ccc(-c3ccccc3F)c(F)c2)[C@H]2CC[C@@H]1O2.[HH]. The normalized spacial score (nSPS) is 23.9. The minimum atomic E-state index is -4.61. The summed E-state index contributed by atoms with van der Waals surface area (Å²) >= 11 is 0. The van der Waals surface area contributed by atoms with Crippen molar-refractivity contribution in [2.45, 2.75) is 37.1 Å². The first-order valence-electron chi connectivity index (χ1n) is 10.8. The lowest BCUT2D eigenvalue weighted by Crippen LogP contribution is -2.36. The number of ether oxygens (including phenoxy) is 1. The fraction of sp³-hybridized carbons (Fsp3) is 0.333. The highest BCUT2D eigenvalue weighted by atomic mass is 19.4. The molecular formula is C24H22F5N3O2. The van der Waals surface area contributed by atoms with Crippen molar-refractivity contribution in [3.05, 3.63) is 71.6 Å². The average molecular weight is 479 g/mol. The Morgan fingerprint density at radius 3 is 2.44 bits per heavy atom. The van der Waals surface area contributed by atoms with Crippen LogP contribution in [0.25, 0.3) is 11.1 Å². The van der Waals surface area contributed by atoms with Gasteiger partial charge >= 0.3 is 6.18 Å². The molecule has 10 heteroatoms. The molecule has 2 saturated heterocycles. The first kappa shape index (κ1) is 22.5. The largest absolute Gasteiger partial charge is 0.435 e. The number of carbonyl (C=O) groups excluding carboxylic acids is 1. The number of hydrogen-bond acceptors (Lipinski definition) is 3. The predicted molar refractivity (Wildman–Crippen MR) is 115 cm³/mol. The van der Waals surface area contributed by atoms with Gasteiger partial charge in [-0.15, -0.1) is 0 Å². The summed E-state index contributed by atoms with van der Waals surface area (Å²) in [5.41, 5.74) is -0.466. The van der Waals surface area contributed by atoms with Crippen molar-refractivity contribution in [3.8, 4) is 11.1 Å². The lowest BCUT2D eigenvalue weighted by atomic mass is 9.76. The minimum absolute atomic E-state index is 0. The van der Waals surface area contributed by atoms with Gasteiger partial charge in [0.25, 0.3) is 0 Å². The van der Waals surface area contributed by atoms with Crippen molar-refractivity contribution < 1.29 is 32.9 Å². The van der Waals surface area contributed by atoms with E-state index in [4.69, 9.17) is 4.74 Å². The van der Waals surface area contributed by atoms with Gasteiger partial charge in [-0.05, 0) is 43.2 Å². The Bertz CT molecular complexity index is 1260. The number of benzene rings is 2. The molecule has 5 rings (SSSR count). The van der Waals surface area contributed by atoms with Crippen LogP contribution < -0.4 is 5.32 Å². The van der Waals surface area contributed by atoms with Crippen LogP contribution >= 0.6 is 0 Å². The van der Waals surface area contributed by atoms with Gasteiger partial charge in [-0.2, -0.15) is 18.3 Å². The van der Waals surface area contributed by atoms with Gasteiger partial charge in [0.1, 0.15) is 11.6 Å². The Morgan fingerprint density at radius 1 is 1.06 bits per heavy atom. The smallest absolute Gasteiger partial charge is 0.373 e. The molecule has 3 aromatic rings. The van der Waals surface area contributed by atoms with Gasteiger partial charge in [0, 0.05) is 36.9 Å². The Hall–Kier alpha value is -3.27. The maximum atomic E-state index is 14.7. The summed E-state index contributed by atoms with van der Waals surface area (Å²) in [6.07, 6.45) is -4.25. The number of carbonyl (C=O) groups is 1. The van der Waals surface area contributed by atoms with Gasteiger partial charge in [-0.1, -0.05) is 18.2 Å². The molecular weight excluding hydrogens is 457 g/mol. The van der Waals surface area contributed by atoms with Gasteiger partial charge < -0.3 is 10.1 Å². The second-order valence-corrected chi connectivity index (χ2v) is 8.58. The number of amides is 1. The number of fused-ring (bicyclic) bond motifs is 2. The summed E-state index contributed by atoms with van der Waals surface area (Å²) in [6, 6.07) is 10.6. The van der Waals surface area contributed by atoms with E-state index in [1.807, 2.05) is 0 Å². The Kier molecular flexibility index (Phi) is 5.43. The third-order valence-corrected chi connectivity index (χ3v) is 6.52. The van der Waals surface area contributed by atoms with Crippen LogP contribution in [0.15, 0.2) is 48.5 Å². The number of aromatic nitrogens is 2. The molecule has 0 radical (unpaired) electrons. The molecule has 0 spiro atoms. The molecule has 0 aliphatic carbocycles. The number of nitrogens with zero attached hydrogens (tertiary/aromatic N) is 2. The summed E-state index contributed by atoms with van der Waals surface area (Å²) in [7, 11) is 1.41. The Balaban J connectivity index is 0.00000289. The van der Waals surface area contributed by atoms with Gasteiger partial charge in [0.2, 0.25) is 5.91 Å². The van der Waals surface area contributed by atoms with Crippen LogP contribution in [-0.2, 0) is 22.8 Å². The Morgan fingerprint density at radius 2 is 1.76 bits per heavy atom. The van der Waals surface area contributed by atoms with Crippen molar-refractivity contribution in [3.63, 3.8) is 0 Å². The molecule has 2 aliphatic rings. The summed E-state index contributed by atoms with van der Waals surface area (Å²) in [5.74, 6) is -3.15. The van der Waals surface area contributed by atoms with E-state index in [9.17, 15) is 26.7 Å². The molecule has 2 aromatic carbocycles. The molecule has 1 N–H and O–H groups in total. The zero-order valence-corrected chi connectivity index (χ0v) is 17.9. The van der Waals surface area contributed by atoms with E-state index in [0.29, 0.717) is 12.8 Å². The molecule has 180 valence electrons. The van der Waals surface area contributed by atoms with Crippen LogP contribution in [0.1, 0.15) is 31.6 Å². The topological polar surface area (TPSA) is 56.2 Å². The van der Waals surface area contributed by atoms with Crippen LogP contribution in [-0.4, -0.2) is 27.9 Å². The van der Waals surface area contributed by atoms with Crippen LogP contribution in [0.2, 0.25) is 0 Å². The molecule has 1 aromatic heterocycles. The first-order chi connectivity index (χ1) is 16.1. The molecule has 2 bridgehead atoms. The van der Waals surface area contributed by atoms with Crippen LogP contribution in [0.5, 0.6) is 0 Å². The molecule has 4 atom stereocenters. The van der Waals surface area contributed by atoms with Crippen molar-refractivity contribution >= 4 is 11.6 Å². The van der Waals surface area contributed by atoms with Crippen molar-refractivity contribution in [2.24, 2.45) is 13.0 Å². The zero-order chi connectivity index (χ0) is 24.2.